The Morgan fingerprint density at radius 2 is 1.90 bits per heavy atom. The number of nitrogens with zero attached hydrogens (tertiary/aromatic N) is 3. The lowest BCUT2D eigenvalue weighted by Crippen LogP contribution is -2.39. The number of likely N-dealkylation sites (N-methyl/N-ethyl adjacent to an activating group) is 1. The van der Waals surface area contributed by atoms with Crippen LogP contribution in [0.25, 0.3) is 10.9 Å². The van der Waals surface area contributed by atoms with E-state index in [2.05, 4.69) is 23.8 Å². The van der Waals surface area contributed by atoms with Gasteiger partial charge < -0.3 is 9.88 Å². The van der Waals surface area contributed by atoms with Crippen LogP contribution in [0.1, 0.15) is 37.2 Å². The minimum absolute atomic E-state index is 0.0168. The summed E-state index contributed by atoms with van der Waals surface area (Å²) in [7, 11) is 1.82. The average Bonchev–Trinajstić information content (AvgIpc) is 2.74. The van der Waals surface area contributed by atoms with Gasteiger partial charge in [-0.2, -0.15) is 0 Å². The number of fused-ring (bicyclic) bond motifs is 1. The van der Waals surface area contributed by atoms with Gasteiger partial charge in [-0.3, -0.25) is 14.5 Å². The molecule has 1 heterocycles. The van der Waals surface area contributed by atoms with Crippen LogP contribution in [-0.4, -0.2) is 40.9 Å². The monoisotopic (exact) mass is 406 g/mol. The van der Waals surface area contributed by atoms with Gasteiger partial charge in [0.1, 0.15) is 5.82 Å². The zero-order chi connectivity index (χ0) is 21.7. The summed E-state index contributed by atoms with van der Waals surface area (Å²) in [5.74, 6) is 0.595. The average molecular weight is 407 g/mol. The molecule has 6 nitrogen and oxygen atoms in total. The van der Waals surface area contributed by atoms with Gasteiger partial charge in [0.05, 0.1) is 24.0 Å². The molecule has 3 aromatic rings. The second-order valence-electron chi connectivity index (χ2n) is 7.68. The third kappa shape index (κ3) is 4.94. The largest absolute Gasteiger partial charge is 0.314 e. The highest BCUT2D eigenvalue weighted by molar-refractivity contribution is 5.95. The number of carbonyl (C=O) groups excluding carboxylic acids is 1. The molecule has 0 fully saturated rings. The second-order valence-corrected chi connectivity index (χ2v) is 7.68. The Labute approximate surface area is 177 Å². The molecule has 0 saturated carbocycles. The number of aromatic nitrogens is 2. The van der Waals surface area contributed by atoms with Crippen LogP contribution in [0.4, 0.5) is 5.69 Å². The number of para-hydroxylation sites is 1. The highest BCUT2D eigenvalue weighted by Gasteiger charge is 2.18. The molecular weight excluding hydrogens is 376 g/mol. The number of benzene rings is 2. The van der Waals surface area contributed by atoms with Crippen molar-refractivity contribution in [3.8, 4) is 0 Å². The topological polar surface area (TPSA) is 69.3 Å². The number of nitrogens with one attached hydrogen (secondary N) is 1. The number of carbonyl (C=O) groups is 1. The first-order valence-electron chi connectivity index (χ1n) is 10.5. The normalized spacial score (nSPS) is 11.2. The molecule has 0 unspecified atom stereocenters. The third-order valence-corrected chi connectivity index (χ3v) is 5.29. The molecule has 0 saturated heterocycles. The maximum absolute atomic E-state index is 13.0. The first-order valence-corrected chi connectivity index (χ1v) is 10.5. The van der Waals surface area contributed by atoms with E-state index in [9.17, 15) is 9.59 Å². The van der Waals surface area contributed by atoms with Crippen LogP contribution in [0.15, 0.2) is 47.3 Å². The number of hydrogen-bond donors (Lipinski definition) is 1. The summed E-state index contributed by atoms with van der Waals surface area (Å²) in [5.41, 5.74) is 3.64. The van der Waals surface area contributed by atoms with E-state index in [1.54, 1.807) is 4.90 Å². The van der Waals surface area contributed by atoms with Gasteiger partial charge in [-0.15, -0.1) is 0 Å². The molecule has 0 spiro atoms. The lowest BCUT2D eigenvalue weighted by molar-refractivity contribution is -0.119. The minimum Gasteiger partial charge on any atom is -0.314 e. The molecule has 1 aromatic heterocycles. The summed E-state index contributed by atoms with van der Waals surface area (Å²) >= 11 is 0. The van der Waals surface area contributed by atoms with E-state index >= 15 is 0 Å². The van der Waals surface area contributed by atoms with E-state index in [4.69, 9.17) is 0 Å². The highest BCUT2D eigenvalue weighted by Crippen LogP contribution is 2.20. The van der Waals surface area contributed by atoms with Crippen LogP contribution in [0.5, 0.6) is 0 Å². The van der Waals surface area contributed by atoms with E-state index < -0.39 is 0 Å². The van der Waals surface area contributed by atoms with Crippen LogP contribution in [0.3, 0.4) is 0 Å². The van der Waals surface area contributed by atoms with E-state index in [1.807, 2.05) is 61.3 Å². The highest BCUT2D eigenvalue weighted by atomic mass is 16.2. The Kier molecular flexibility index (Phi) is 7.00. The molecule has 0 radical (unpaired) electrons. The molecule has 0 aliphatic heterocycles. The maximum Gasteiger partial charge on any atom is 0.258 e. The van der Waals surface area contributed by atoms with Crippen LogP contribution < -0.4 is 10.5 Å². The number of aromatic amines is 1. The van der Waals surface area contributed by atoms with Crippen LogP contribution in [-0.2, 0) is 17.8 Å². The summed E-state index contributed by atoms with van der Waals surface area (Å²) in [5, 5.41) is 0.591. The third-order valence-electron chi connectivity index (χ3n) is 5.29. The van der Waals surface area contributed by atoms with Crippen LogP contribution >= 0.6 is 0 Å². The van der Waals surface area contributed by atoms with Crippen molar-refractivity contribution in [1.82, 2.24) is 14.9 Å². The van der Waals surface area contributed by atoms with E-state index in [1.165, 1.54) is 0 Å². The summed E-state index contributed by atoms with van der Waals surface area (Å²) in [4.78, 5) is 36.7. The predicted octanol–water partition coefficient (Wildman–Crippen LogP) is 3.67. The van der Waals surface area contributed by atoms with E-state index in [0.29, 0.717) is 23.3 Å². The van der Waals surface area contributed by atoms with Crippen LogP contribution in [0.2, 0.25) is 0 Å². The molecule has 30 heavy (non-hydrogen) atoms. The van der Waals surface area contributed by atoms with Crippen molar-refractivity contribution in [2.75, 3.05) is 25.0 Å². The summed E-state index contributed by atoms with van der Waals surface area (Å²) in [6.07, 6.45) is 1.77. The fraction of sp³-hybridized carbons (Fsp3) is 0.375. The molecule has 0 aliphatic carbocycles. The van der Waals surface area contributed by atoms with Gasteiger partial charge >= 0.3 is 0 Å². The Morgan fingerprint density at radius 3 is 2.63 bits per heavy atom. The standard InChI is InChI=1S/C24H30N4O2/c1-5-13-28(16-23(29)27(4)21-10-8-7-9-18(21)6-2)15-22-25-20-12-11-17(3)14-19(20)24(30)26-22/h7-12,14H,5-6,13,15-16H2,1-4H3,(H,25,26,30). The van der Waals surface area contributed by atoms with Crippen molar-refractivity contribution in [3.05, 3.63) is 69.8 Å². The summed E-state index contributed by atoms with van der Waals surface area (Å²) in [6.45, 7) is 7.54. The number of aryl methyl sites for hydroxylation is 2. The van der Waals surface area contributed by atoms with Gasteiger partial charge in [-0.25, -0.2) is 4.98 Å². The summed E-state index contributed by atoms with van der Waals surface area (Å²) in [6, 6.07) is 13.6. The molecule has 3 rings (SSSR count). The van der Waals surface area contributed by atoms with Gasteiger partial charge in [-0.1, -0.05) is 43.7 Å². The fourth-order valence-electron chi connectivity index (χ4n) is 3.69. The number of rotatable bonds is 8. The molecule has 1 amide bonds. The van der Waals surface area contributed by atoms with Gasteiger partial charge in [0, 0.05) is 12.7 Å². The number of H-pyrrole nitrogens is 1. The van der Waals surface area contributed by atoms with E-state index in [0.717, 1.165) is 36.2 Å². The Balaban J connectivity index is 1.79. The lowest BCUT2D eigenvalue weighted by Gasteiger charge is -2.25. The van der Waals surface area contributed by atoms with Gasteiger partial charge in [0.15, 0.2) is 0 Å². The fourth-order valence-corrected chi connectivity index (χ4v) is 3.69. The van der Waals surface area contributed by atoms with E-state index in [-0.39, 0.29) is 18.0 Å². The Morgan fingerprint density at radius 1 is 1.13 bits per heavy atom. The SMILES string of the molecule is CCCN(CC(=O)N(C)c1ccccc1CC)Cc1nc2ccc(C)cc2c(=O)[nH]1. The number of hydrogen-bond acceptors (Lipinski definition) is 4. The molecule has 0 atom stereocenters. The van der Waals surface area contributed by atoms with Crippen LogP contribution in [0, 0.1) is 6.92 Å². The van der Waals surface area contributed by atoms with Gasteiger partial charge in [-0.05, 0) is 50.1 Å². The van der Waals surface area contributed by atoms with Crippen molar-refractivity contribution in [1.29, 1.82) is 0 Å². The van der Waals surface area contributed by atoms with Crippen molar-refractivity contribution in [3.63, 3.8) is 0 Å². The predicted molar refractivity (Wildman–Crippen MR) is 122 cm³/mol. The smallest absolute Gasteiger partial charge is 0.258 e. The molecule has 1 N–H and O–H groups in total. The minimum atomic E-state index is -0.143. The van der Waals surface area contributed by atoms with Gasteiger partial charge in [0.2, 0.25) is 5.91 Å². The van der Waals surface area contributed by atoms with Crippen molar-refractivity contribution in [2.24, 2.45) is 0 Å². The quantitative estimate of drug-likeness (QED) is 0.620. The Bertz CT molecular complexity index is 1090. The molecule has 0 aliphatic rings. The van der Waals surface area contributed by atoms with Crippen molar-refractivity contribution < 1.29 is 4.79 Å². The summed E-state index contributed by atoms with van der Waals surface area (Å²) < 4.78 is 0. The number of amides is 1. The molecular formula is C24H30N4O2. The first kappa shape index (κ1) is 21.7. The second kappa shape index (κ2) is 9.67. The Hall–Kier alpha value is -2.99. The molecule has 2 aromatic carbocycles. The van der Waals surface area contributed by atoms with Crippen molar-refractivity contribution in [2.45, 2.75) is 40.2 Å². The lowest BCUT2D eigenvalue weighted by atomic mass is 10.1. The first-order chi connectivity index (χ1) is 14.4. The van der Waals surface area contributed by atoms with Crippen molar-refractivity contribution >= 4 is 22.5 Å². The zero-order valence-corrected chi connectivity index (χ0v) is 18.2. The number of anilines is 1. The maximum atomic E-state index is 13.0. The zero-order valence-electron chi connectivity index (χ0n) is 18.2. The molecule has 6 heteroatoms. The molecule has 0 bridgehead atoms. The molecule has 158 valence electrons. The van der Waals surface area contributed by atoms with Gasteiger partial charge in [0.25, 0.3) is 5.56 Å².